The Morgan fingerprint density at radius 3 is 2.75 bits per heavy atom. The molecule has 1 aliphatic heterocycles. The van der Waals surface area contributed by atoms with Crippen molar-refractivity contribution in [3.8, 4) is 5.75 Å². The van der Waals surface area contributed by atoms with Gasteiger partial charge in [0.25, 0.3) is 0 Å². The SMILES string of the molecule is CC[C@@H](C)Nc1nc(Nc2ccc(S(=O)(=O)N3CCOCC3)cc2OC)nc2[nH]ccc12. The van der Waals surface area contributed by atoms with Crippen LogP contribution in [0.4, 0.5) is 17.5 Å². The third-order valence-electron chi connectivity index (χ3n) is 5.44. The molecule has 1 fully saturated rings. The lowest BCUT2D eigenvalue weighted by atomic mass is 10.2. The summed E-state index contributed by atoms with van der Waals surface area (Å²) in [6, 6.07) is 6.90. The van der Waals surface area contributed by atoms with Gasteiger partial charge < -0.3 is 25.1 Å². The van der Waals surface area contributed by atoms with E-state index in [0.717, 1.165) is 17.6 Å². The predicted molar refractivity (Wildman–Crippen MR) is 123 cm³/mol. The molecule has 1 aromatic carbocycles. The first kappa shape index (κ1) is 22.3. The predicted octanol–water partition coefficient (Wildman–Crippen LogP) is 2.94. The van der Waals surface area contributed by atoms with Gasteiger partial charge in [-0.25, -0.2) is 8.42 Å². The van der Waals surface area contributed by atoms with Gasteiger partial charge in [0, 0.05) is 31.4 Å². The lowest BCUT2D eigenvalue weighted by molar-refractivity contribution is 0.0730. The minimum atomic E-state index is -3.63. The number of ether oxygens (including phenoxy) is 2. The summed E-state index contributed by atoms with van der Waals surface area (Å²) < 4.78 is 38.1. The van der Waals surface area contributed by atoms with Gasteiger partial charge in [-0.05, 0) is 31.5 Å². The lowest BCUT2D eigenvalue weighted by Gasteiger charge is -2.26. The smallest absolute Gasteiger partial charge is 0.243 e. The van der Waals surface area contributed by atoms with Crippen molar-refractivity contribution in [1.82, 2.24) is 19.3 Å². The van der Waals surface area contributed by atoms with E-state index in [4.69, 9.17) is 9.47 Å². The molecule has 10 nitrogen and oxygen atoms in total. The molecule has 11 heteroatoms. The van der Waals surface area contributed by atoms with Crippen molar-refractivity contribution in [3.05, 3.63) is 30.5 Å². The van der Waals surface area contributed by atoms with Crippen molar-refractivity contribution < 1.29 is 17.9 Å². The molecular formula is C21H28N6O4S. The minimum absolute atomic E-state index is 0.168. The van der Waals surface area contributed by atoms with Crippen molar-refractivity contribution >= 4 is 38.5 Å². The number of hydrogen-bond donors (Lipinski definition) is 3. The number of aromatic amines is 1. The molecule has 2 aromatic heterocycles. The molecular weight excluding hydrogens is 432 g/mol. The summed E-state index contributed by atoms with van der Waals surface area (Å²) in [7, 11) is -2.13. The maximum Gasteiger partial charge on any atom is 0.243 e. The zero-order valence-electron chi connectivity index (χ0n) is 18.4. The van der Waals surface area contributed by atoms with E-state index in [9.17, 15) is 8.42 Å². The largest absolute Gasteiger partial charge is 0.495 e. The molecule has 0 spiro atoms. The Morgan fingerprint density at radius 1 is 1.25 bits per heavy atom. The number of fused-ring (bicyclic) bond motifs is 1. The molecule has 3 aromatic rings. The molecule has 0 amide bonds. The Morgan fingerprint density at radius 2 is 2.03 bits per heavy atom. The monoisotopic (exact) mass is 460 g/mol. The summed E-state index contributed by atoms with van der Waals surface area (Å²) in [6.45, 7) is 5.64. The Labute approximate surface area is 187 Å². The number of H-pyrrole nitrogens is 1. The summed E-state index contributed by atoms with van der Waals surface area (Å²) in [4.78, 5) is 12.4. The first-order valence-electron chi connectivity index (χ1n) is 10.6. The van der Waals surface area contributed by atoms with Gasteiger partial charge in [0.05, 0.1) is 36.3 Å². The third-order valence-corrected chi connectivity index (χ3v) is 7.33. The van der Waals surface area contributed by atoms with Gasteiger partial charge in [-0.15, -0.1) is 0 Å². The number of rotatable bonds is 8. The molecule has 0 aliphatic carbocycles. The normalized spacial score (nSPS) is 16.1. The van der Waals surface area contributed by atoms with Crippen LogP contribution in [0.3, 0.4) is 0 Å². The zero-order chi connectivity index (χ0) is 22.7. The highest BCUT2D eigenvalue weighted by Gasteiger charge is 2.27. The van der Waals surface area contributed by atoms with Crippen LogP contribution in [0.5, 0.6) is 5.75 Å². The van der Waals surface area contributed by atoms with Crippen LogP contribution >= 0.6 is 0 Å². The van der Waals surface area contributed by atoms with Gasteiger partial charge in [0.15, 0.2) is 0 Å². The minimum Gasteiger partial charge on any atom is -0.495 e. The molecule has 1 saturated heterocycles. The summed E-state index contributed by atoms with van der Waals surface area (Å²) in [6.07, 6.45) is 2.77. The highest BCUT2D eigenvalue weighted by molar-refractivity contribution is 7.89. The molecule has 0 saturated carbocycles. The number of methoxy groups -OCH3 is 1. The van der Waals surface area contributed by atoms with Gasteiger partial charge in [0.1, 0.15) is 17.2 Å². The second-order valence-corrected chi connectivity index (χ2v) is 9.53. The molecule has 1 aliphatic rings. The molecule has 0 radical (unpaired) electrons. The van der Waals surface area contributed by atoms with Crippen LogP contribution in [0.15, 0.2) is 35.4 Å². The first-order valence-corrected chi connectivity index (χ1v) is 12.0. The van der Waals surface area contributed by atoms with Crippen LogP contribution in [0, 0.1) is 0 Å². The van der Waals surface area contributed by atoms with Crippen LogP contribution in [0.2, 0.25) is 0 Å². The molecule has 172 valence electrons. The van der Waals surface area contributed by atoms with Crippen LogP contribution in [-0.2, 0) is 14.8 Å². The second-order valence-electron chi connectivity index (χ2n) is 7.59. The topological polar surface area (TPSA) is 121 Å². The Bertz CT molecular complexity index is 1190. The number of anilines is 3. The number of nitrogens with zero attached hydrogens (tertiary/aromatic N) is 3. The summed E-state index contributed by atoms with van der Waals surface area (Å²) in [5.41, 5.74) is 1.26. The van der Waals surface area contributed by atoms with Crippen molar-refractivity contribution in [1.29, 1.82) is 0 Å². The van der Waals surface area contributed by atoms with Gasteiger partial charge in [0.2, 0.25) is 16.0 Å². The van der Waals surface area contributed by atoms with Gasteiger partial charge in [-0.1, -0.05) is 6.92 Å². The maximum absolute atomic E-state index is 13.0. The van der Waals surface area contributed by atoms with E-state index >= 15 is 0 Å². The summed E-state index contributed by atoms with van der Waals surface area (Å²) >= 11 is 0. The van der Waals surface area contributed by atoms with Crippen LogP contribution in [0.1, 0.15) is 20.3 Å². The molecule has 3 N–H and O–H groups in total. The fourth-order valence-corrected chi connectivity index (χ4v) is 4.86. The average molecular weight is 461 g/mol. The van der Waals surface area contributed by atoms with E-state index in [1.54, 1.807) is 12.1 Å². The first-order chi connectivity index (χ1) is 15.4. The van der Waals surface area contributed by atoms with Gasteiger partial charge >= 0.3 is 0 Å². The highest BCUT2D eigenvalue weighted by Crippen LogP contribution is 2.32. The molecule has 3 heterocycles. The van der Waals surface area contributed by atoms with E-state index in [1.807, 2.05) is 12.3 Å². The van der Waals surface area contributed by atoms with E-state index in [2.05, 4.69) is 39.4 Å². The Balaban J connectivity index is 1.64. The average Bonchev–Trinajstić information content (AvgIpc) is 3.28. The van der Waals surface area contributed by atoms with Crippen molar-refractivity contribution in [2.24, 2.45) is 0 Å². The van der Waals surface area contributed by atoms with Crippen molar-refractivity contribution in [2.75, 3.05) is 44.0 Å². The summed E-state index contributed by atoms with van der Waals surface area (Å²) in [5, 5.41) is 7.46. The van der Waals surface area contributed by atoms with Crippen molar-refractivity contribution in [3.63, 3.8) is 0 Å². The fourth-order valence-electron chi connectivity index (χ4n) is 3.43. The second kappa shape index (κ2) is 9.31. The number of sulfonamides is 1. The van der Waals surface area contributed by atoms with Crippen LogP contribution in [0.25, 0.3) is 11.0 Å². The molecule has 4 rings (SSSR count). The van der Waals surface area contributed by atoms with E-state index in [0.29, 0.717) is 49.3 Å². The molecule has 1 atom stereocenters. The Kier molecular flexibility index (Phi) is 6.49. The number of hydrogen-bond acceptors (Lipinski definition) is 8. The highest BCUT2D eigenvalue weighted by atomic mass is 32.2. The quantitative estimate of drug-likeness (QED) is 0.469. The van der Waals surface area contributed by atoms with Crippen molar-refractivity contribution in [2.45, 2.75) is 31.2 Å². The van der Waals surface area contributed by atoms with E-state index in [1.165, 1.54) is 17.5 Å². The van der Waals surface area contributed by atoms with Gasteiger partial charge in [-0.2, -0.15) is 14.3 Å². The molecule has 0 unspecified atom stereocenters. The fraction of sp³-hybridized carbons (Fsp3) is 0.429. The molecule has 32 heavy (non-hydrogen) atoms. The Hall–Kier alpha value is -2.89. The van der Waals surface area contributed by atoms with E-state index in [-0.39, 0.29) is 10.9 Å². The number of benzene rings is 1. The van der Waals surface area contributed by atoms with Crippen LogP contribution in [-0.4, -0.2) is 67.1 Å². The molecule has 0 bridgehead atoms. The van der Waals surface area contributed by atoms with Crippen LogP contribution < -0.4 is 15.4 Å². The third kappa shape index (κ3) is 4.50. The van der Waals surface area contributed by atoms with E-state index < -0.39 is 10.0 Å². The summed E-state index contributed by atoms with van der Waals surface area (Å²) in [5.74, 6) is 1.47. The maximum atomic E-state index is 13.0. The number of morpholine rings is 1. The standard InChI is InChI=1S/C21H28N6O4S/c1-4-14(2)23-20-16-7-8-22-19(16)25-21(26-20)24-17-6-5-15(13-18(17)30-3)32(28,29)27-9-11-31-12-10-27/h5-8,13-14H,4,9-12H2,1-3H3,(H3,22,23,24,25,26)/t14-/m1/s1. The zero-order valence-corrected chi connectivity index (χ0v) is 19.2. The number of nitrogens with one attached hydrogen (secondary N) is 3. The van der Waals surface area contributed by atoms with Gasteiger partial charge in [-0.3, -0.25) is 0 Å². The number of aromatic nitrogens is 3. The lowest BCUT2D eigenvalue weighted by Crippen LogP contribution is -2.40.